The number of amides is 1. The zero-order valence-corrected chi connectivity index (χ0v) is 19.6. The van der Waals surface area contributed by atoms with Crippen LogP contribution in [0.1, 0.15) is 32.3 Å². The summed E-state index contributed by atoms with van der Waals surface area (Å²) >= 11 is 0. The summed E-state index contributed by atoms with van der Waals surface area (Å²) in [6.45, 7) is 3.34. The lowest BCUT2D eigenvalue weighted by atomic mass is 9.73. The second kappa shape index (κ2) is 9.68. The first-order valence-corrected chi connectivity index (χ1v) is 11.7. The molecule has 0 unspecified atom stereocenters. The molecule has 180 valence electrons. The molecule has 2 aliphatic heterocycles. The highest BCUT2D eigenvalue weighted by Gasteiger charge is 2.51. The summed E-state index contributed by atoms with van der Waals surface area (Å²) in [6, 6.07) is 10.3. The standard InChI is InChI=1S/C26H31N5O2.CH4/c1-30(2)13-4-14-33-23-8-6-19(16-29-23)18-5-7-21-20(15-18)24-22(17-28-21)31(3)25(32)26(24)9-11-27-12-10-26;/h5-8,15-17,27H,4,9-14H2,1-3H3;1H4. The molecule has 4 heterocycles. The summed E-state index contributed by atoms with van der Waals surface area (Å²) in [5.74, 6) is 0.831. The lowest BCUT2D eigenvalue weighted by molar-refractivity contribution is -0.123. The molecule has 0 saturated carbocycles. The Morgan fingerprint density at radius 3 is 2.56 bits per heavy atom. The lowest BCUT2D eigenvalue weighted by Gasteiger charge is -2.33. The first kappa shape index (κ1) is 24.1. The smallest absolute Gasteiger partial charge is 0.237 e. The predicted octanol–water partition coefficient (Wildman–Crippen LogP) is 3.86. The zero-order valence-electron chi connectivity index (χ0n) is 19.6. The Bertz CT molecular complexity index is 1170. The highest BCUT2D eigenvalue weighted by Crippen LogP contribution is 2.49. The monoisotopic (exact) mass is 461 g/mol. The minimum atomic E-state index is -0.461. The van der Waals surface area contributed by atoms with Crippen molar-refractivity contribution in [3.05, 3.63) is 48.3 Å². The van der Waals surface area contributed by atoms with E-state index in [0.29, 0.717) is 12.5 Å². The van der Waals surface area contributed by atoms with Crippen molar-refractivity contribution in [1.29, 1.82) is 0 Å². The van der Waals surface area contributed by atoms with E-state index in [9.17, 15) is 4.79 Å². The van der Waals surface area contributed by atoms with E-state index in [0.717, 1.165) is 72.2 Å². The number of hydrogen-bond acceptors (Lipinski definition) is 6. The maximum absolute atomic E-state index is 13.4. The number of carbonyl (C=O) groups is 1. The minimum absolute atomic E-state index is 0. The molecule has 7 nitrogen and oxygen atoms in total. The lowest BCUT2D eigenvalue weighted by Crippen LogP contribution is -2.46. The molecule has 5 rings (SSSR count). The Hall–Kier alpha value is -3.03. The van der Waals surface area contributed by atoms with Gasteiger partial charge in [-0.15, -0.1) is 0 Å². The molecule has 0 radical (unpaired) electrons. The van der Waals surface area contributed by atoms with Crippen LogP contribution in [0.3, 0.4) is 0 Å². The SMILES string of the molecule is C.CN(C)CCCOc1ccc(-c2ccc3ncc4c(c3c2)C2(CCNCC2)C(=O)N4C)cn1. The number of ether oxygens (including phenoxy) is 1. The van der Waals surface area contributed by atoms with Crippen LogP contribution >= 0.6 is 0 Å². The summed E-state index contributed by atoms with van der Waals surface area (Å²) < 4.78 is 5.78. The van der Waals surface area contributed by atoms with E-state index in [1.54, 1.807) is 4.90 Å². The average Bonchev–Trinajstić information content (AvgIpc) is 3.04. The van der Waals surface area contributed by atoms with Gasteiger partial charge in [0.2, 0.25) is 11.8 Å². The number of nitrogens with one attached hydrogen (secondary N) is 1. The largest absolute Gasteiger partial charge is 0.478 e. The van der Waals surface area contributed by atoms with E-state index in [1.807, 2.05) is 37.6 Å². The Morgan fingerprint density at radius 2 is 1.85 bits per heavy atom. The second-order valence-electron chi connectivity index (χ2n) is 9.34. The van der Waals surface area contributed by atoms with Crippen LogP contribution in [0.2, 0.25) is 0 Å². The van der Waals surface area contributed by atoms with E-state index in [4.69, 9.17) is 4.74 Å². The van der Waals surface area contributed by atoms with Gasteiger partial charge in [0.25, 0.3) is 0 Å². The topological polar surface area (TPSA) is 70.6 Å². The number of aromatic nitrogens is 2. The summed E-state index contributed by atoms with van der Waals surface area (Å²) in [7, 11) is 5.99. The van der Waals surface area contributed by atoms with Crippen molar-refractivity contribution >= 4 is 22.5 Å². The molecule has 0 atom stereocenters. The number of piperidine rings is 1. The molecular weight excluding hydrogens is 426 g/mol. The molecule has 34 heavy (non-hydrogen) atoms. The molecular formula is C27H35N5O2. The third-order valence-corrected chi connectivity index (χ3v) is 6.93. The maximum atomic E-state index is 13.4. The highest BCUT2D eigenvalue weighted by molar-refractivity contribution is 6.12. The van der Waals surface area contributed by atoms with E-state index in [2.05, 4.69) is 46.4 Å². The van der Waals surface area contributed by atoms with Crippen molar-refractivity contribution in [3.8, 4) is 17.0 Å². The van der Waals surface area contributed by atoms with Gasteiger partial charge >= 0.3 is 0 Å². The van der Waals surface area contributed by atoms with Gasteiger partial charge < -0.3 is 19.9 Å². The van der Waals surface area contributed by atoms with Crippen molar-refractivity contribution < 1.29 is 9.53 Å². The summed E-state index contributed by atoms with van der Waals surface area (Å²) in [4.78, 5) is 26.5. The first-order valence-electron chi connectivity index (χ1n) is 11.7. The number of rotatable bonds is 6. The van der Waals surface area contributed by atoms with Crippen molar-refractivity contribution in [2.45, 2.75) is 32.1 Å². The molecule has 2 aromatic heterocycles. The van der Waals surface area contributed by atoms with E-state index in [1.165, 1.54) is 0 Å². The van der Waals surface area contributed by atoms with Crippen LogP contribution < -0.4 is 15.0 Å². The maximum Gasteiger partial charge on any atom is 0.237 e. The number of fused-ring (bicyclic) bond motifs is 4. The summed E-state index contributed by atoms with van der Waals surface area (Å²) in [6.07, 6.45) is 6.30. The van der Waals surface area contributed by atoms with Gasteiger partial charge in [-0.2, -0.15) is 0 Å². The fourth-order valence-corrected chi connectivity index (χ4v) is 5.17. The summed E-state index contributed by atoms with van der Waals surface area (Å²) in [5, 5.41) is 4.47. The van der Waals surface area contributed by atoms with Crippen molar-refractivity contribution in [1.82, 2.24) is 20.2 Å². The van der Waals surface area contributed by atoms with E-state index < -0.39 is 5.41 Å². The molecule has 3 aromatic rings. The minimum Gasteiger partial charge on any atom is -0.478 e. The Kier molecular flexibility index (Phi) is 6.86. The van der Waals surface area contributed by atoms with Crippen LogP contribution in [0.25, 0.3) is 22.0 Å². The molecule has 0 bridgehead atoms. The van der Waals surface area contributed by atoms with Crippen molar-refractivity contribution in [3.63, 3.8) is 0 Å². The number of nitrogens with zero attached hydrogens (tertiary/aromatic N) is 4. The van der Waals surface area contributed by atoms with Gasteiger partial charge in [-0.1, -0.05) is 13.5 Å². The Labute approximate surface area is 202 Å². The fraction of sp³-hybridized carbons (Fsp3) is 0.444. The molecule has 1 aromatic carbocycles. The number of pyridine rings is 2. The quantitative estimate of drug-likeness (QED) is 0.562. The molecule has 1 N–H and O–H groups in total. The number of likely N-dealkylation sites (N-methyl/N-ethyl adjacent to an activating group) is 1. The molecule has 1 amide bonds. The third-order valence-electron chi connectivity index (χ3n) is 6.93. The van der Waals surface area contributed by atoms with Gasteiger partial charge in [-0.25, -0.2) is 4.98 Å². The van der Waals surface area contributed by atoms with Crippen molar-refractivity contribution in [2.75, 3.05) is 52.3 Å². The number of carbonyl (C=O) groups excluding carboxylic acids is 1. The van der Waals surface area contributed by atoms with Gasteiger partial charge in [0.05, 0.1) is 29.4 Å². The molecule has 7 heteroatoms. The van der Waals surface area contributed by atoms with Crippen LogP contribution in [-0.2, 0) is 10.2 Å². The van der Waals surface area contributed by atoms with E-state index in [-0.39, 0.29) is 13.3 Å². The zero-order chi connectivity index (χ0) is 23.0. The molecule has 1 fully saturated rings. The molecule has 1 saturated heterocycles. The molecule has 1 spiro atoms. The Balaban J connectivity index is 0.00000274. The summed E-state index contributed by atoms with van der Waals surface area (Å²) in [5.41, 5.74) is 4.62. The van der Waals surface area contributed by atoms with Gasteiger partial charge in [-0.05, 0) is 70.2 Å². The molecule has 2 aliphatic rings. The highest BCUT2D eigenvalue weighted by atomic mass is 16.5. The van der Waals surface area contributed by atoms with Crippen LogP contribution in [0.4, 0.5) is 5.69 Å². The average molecular weight is 462 g/mol. The van der Waals surface area contributed by atoms with Crippen LogP contribution in [-0.4, -0.2) is 68.2 Å². The van der Waals surface area contributed by atoms with Gasteiger partial charge in [0.15, 0.2) is 0 Å². The number of benzene rings is 1. The first-order chi connectivity index (χ1) is 16.0. The second-order valence-corrected chi connectivity index (χ2v) is 9.34. The van der Waals surface area contributed by atoms with Gasteiger partial charge in [0.1, 0.15) is 0 Å². The van der Waals surface area contributed by atoms with Crippen LogP contribution in [0, 0.1) is 0 Å². The normalized spacial score (nSPS) is 16.7. The van der Waals surface area contributed by atoms with Gasteiger partial charge in [-0.3, -0.25) is 9.78 Å². The van der Waals surface area contributed by atoms with Crippen LogP contribution in [0.5, 0.6) is 5.88 Å². The van der Waals surface area contributed by atoms with Crippen molar-refractivity contribution in [2.24, 2.45) is 0 Å². The Morgan fingerprint density at radius 1 is 1.09 bits per heavy atom. The number of hydrogen-bond donors (Lipinski definition) is 1. The number of anilines is 1. The molecule has 0 aliphatic carbocycles. The van der Waals surface area contributed by atoms with E-state index >= 15 is 0 Å². The van der Waals surface area contributed by atoms with Crippen LogP contribution in [0.15, 0.2) is 42.7 Å². The third kappa shape index (κ3) is 4.14. The predicted molar refractivity (Wildman–Crippen MR) is 138 cm³/mol. The van der Waals surface area contributed by atoms with Gasteiger partial charge in [0, 0.05) is 42.4 Å². The fourth-order valence-electron chi connectivity index (χ4n) is 5.17.